The second kappa shape index (κ2) is 21.7. The molecule has 0 saturated carbocycles. The van der Waals surface area contributed by atoms with Crippen molar-refractivity contribution < 1.29 is 13.9 Å². The molecule has 2 aromatic carbocycles. The zero-order valence-corrected chi connectivity index (χ0v) is 30.2. The molecule has 0 spiro atoms. The summed E-state index contributed by atoms with van der Waals surface area (Å²) in [4.78, 5) is 0. The van der Waals surface area contributed by atoms with Gasteiger partial charge in [-0.1, -0.05) is 145 Å². The Labute approximate surface area is 278 Å². The van der Waals surface area contributed by atoms with Gasteiger partial charge < -0.3 is 13.9 Å². The van der Waals surface area contributed by atoms with Crippen molar-refractivity contribution in [2.24, 2.45) is 0 Å². The maximum atomic E-state index is 7.03. The van der Waals surface area contributed by atoms with E-state index in [-0.39, 0.29) is 17.4 Å². The third-order valence-electron chi connectivity index (χ3n) is 9.07. The minimum absolute atomic E-state index is 0.00778. The average molecular weight is 633 g/mol. The number of benzene rings is 2. The van der Waals surface area contributed by atoms with Crippen molar-refractivity contribution in [3.8, 4) is 0 Å². The van der Waals surface area contributed by atoms with E-state index in [1.165, 1.54) is 81.0 Å². The Hall–Kier alpha value is -1.98. The van der Waals surface area contributed by atoms with Crippen LogP contribution in [0.2, 0.25) is 5.04 Å². The molecule has 1 unspecified atom stereocenters. The van der Waals surface area contributed by atoms with Crippen LogP contribution in [-0.4, -0.2) is 33.9 Å². The summed E-state index contributed by atoms with van der Waals surface area (Å²) >= 11 is 0. The SMILES string of the molecule is CCCC[C@H](/C=C\CCCCCCC/C=C\CCCCO[Si](c1ccccc1)(c1ccccc1)C(C)(C)C)OC1CCCCO1. The molecule has 1 saturated heterocycles. The van der Waals surface area contributed by atoms with E-state index in [0.29, 0.717) is 0 Å². The molecule has 1 aliphatic heterocycles. The van der Waals surface area contributed by atoms with E-state index in [9.17, 15) is 0 Å². The van der Waals surface area contributed by atoms with Crippen molar-refractivity contribution in [1.29, 1.82) is 0 Å². The molecule has 1 fully saturated rings. The van der Waals surface area contributed by atoms with Gasteiger partial charge in [-0.3, -0.25) is 0 Å². The van der Waals surface area contributed by atoms with Gasteiger partial charge in [0.15, 0.2) is 6.29 Å². The smallest absolute Gasteiger partial charge is 0.261 e. The standard InChI is InChI=1S/C41H64O3Si/c1-5-6-28-37(44-40-34-25-27-35-42-40)29-20-16-14-12-10-8-7-9-11-13-15-17-26-36-43-45(41(2,3)4,38-30-21-18-22-31-38)39-32-23-19-24-33-39/h11,13,18-24,29-33,37,40H,5-10,12,14-17,25-28,34-36H2,1-4H3/b13-11-,29-20-/t37-,40?/m1/s1. The van der Waals surface area contributed by atoms with E-state index in [1.54, 1.807) is 0 Å². The molecular formula is C41H64O3Si. The maximum Gasteiger partial charge on any atom is 0.261 e. The van der Waals surface area contributed by atoms with Gasteiger partial charge in [0.1, 0.15) is 0 Å². The van der Waals surface area contributed by atoms with Crippen LogP contribution in [0.4, 0.5) is 0 Å². The van der Waals surface area contributed by atoms with Crippen molar-refractivity contribution in [1.82, 2.24) is 0 Å². The van der Waals surface area contributed by atoms with Gasteiger partial charge in [0.05, 0.1) is 6.10 Å². The maximum absolute atomic E-state index is 7.03. The molecule has 45 heavy (non-hydrogen) atoms. The average Bonchev–Trinajstić information content (AvgIpc) is 3.05. The van der Waals surface area contributed by atoms with Crippen LogP contribution in [0.15, 0.2) is 85.0 Å². The zero-order chi connectivity index (χ0) is 32.1. The summed E-state index contributed by atoms with van der Waals surface area (Å²) in [6, 6.07) is 22.0. The predicted molar refractivity (Wildman–Crippen MR) is 196 cm³/mol. The third-order valence-corrected chi connectivity index (χ3v) is 14.1. The first-order valence-electron chi connectivity index (χ1n) is 18.3. The minimum Gasteiger partial charge on any atom is -0.407 e. The summed E-state index contributed by atoms with van der Waals surface area (Å²) in [7, 11) is -2.41. The fraction of sp³-hybridized carbons (Fsp3) is 0.610. The van der Waals surface area contributed by atoms with Gasteiger partial charge >= 0.3 is 0 Å². The highest BCUT2D eigenvalue weighted by Crippen LogP contribution is 2.36. The van der Waals surface area contributed by atoms with Gasteiger partial charge in [-0.25, -0.2) is 0 Å². The summed E-state index contributed by atoms with van der Waals surface area (Å²) in [5, 5.41) is 2.78. The predicted octanol–water partition coefficient (Wildman–Crippen LogP) is 10.7. The molecule has 3 nitrogen and oxygen atoms in total. The first-order chi connectivity index (χ1) is 22.0. The molecule has 0 radical (unpaired) electrons. The first-order valence-corrected chi connectivity index (χ1v) is 20.2. The summed E-state index contributed by atoms with van der Waals surface area (Å²) in [6.45, 7) is 11.0. The van der Waals surface area contributed by atoms with Crippen LogP contribution < -0.4 is 10.4 Å². The molecule has 1 heterocycles. The Morgan fingerprint density at radius 2 is 1.33 bits per heavy atom. The molecule has 1 aliphatic rings. The lowest BCUT2D eigenvalue weighted by Crippen LogP contribution is -2.66. The highest BCUT2D eigenvalue weighted by molar-refractivity contribution is 6.99. The Morgan fingerprint density at radius 1 is 0.756 bits per heavy atom. The molecular weight excluding hydrogens is 569 g/mol. The van der Waals surface area contributed by atoms with Gasteiger partial charge in [0, 0.05) is 13.2 Å². The lowest BCUT2D eigenvalue weighted by Gasteiger charge is -2.43. The second-order valence-electron chi connectivity index (χ2n) is 13.9. The number of unbranched alkanes of at least 4 members (excludes halogenated alkanes) is 9. The van der Waals surface area contributed by atoms with Crippen molar-refractivity contribution >= 4 is 18.7 Å². The fourth-order valence-corrected chi connectivity index (χ4v) is 11.1. The monoisotopic (exact) mass is 632 g/mol. The summed E-state index contributed by atoms with van der Waals surface area (Å²) in [5.74, 6) is 0. The van der Waals surface area contributed by atoms with E-state index >= 15 is 0 Å². The van der Waals surface area contributed by atoms with E-state index in [0.717, 1.165) is 45.3 Å². The van der Waals surface area contributed by atoms with Gasteiger partial charge in [-0.05, 0) is 86.0 Å². The number of hydrogen-bond donors (Lipinski definition) is 0. The molecule has 250 valence electrons. The molecule has 0 aromatic heterocycles. The van der Waals surface area contributed by atoms with E-state index in [4.69, 9.17) is 13.9 Å². The highest BCUT2D eigenvalue weighted by atomic mass is 28.4. The van der Waals surface area contributed by atoms with Gasteiger partial charge in [0.2, 0.25) is 0 Å². The quantitative estimate of drug-likeness (QED) is 0.0734. The van der Waals surface area contributed by atoms with Crippen LogP contribution in [0.25, 0.3) is 0 Å². The van der Waals surface area contributed by atoms with Crippen molar-refractivity contribution in [2.75, 3.05) is 13.2 Å². The van der Waals surface area contributed by atoms with Crippen LogP contribution >= 0.6 is 0 Å². The molecule has 0 amide bonds. The molecule has 4 heteroatoms. The largest absolute Gasteiger partial charge is 0.407 e. The Kier molecular flexibility index (Phi) is 18.1. The Morgan fingerprint density at radius 3 is 1.89 bits per heavy atom. The molecule has 0 aliphatic carbocycles. The molecule has 0 N–H and O–H groups in total. The summed E-state index contributed by atoms with van der Waals surface area (Å²) in [6.07, 6.45) is 29.0. The van der Waals surface area contributed by atoms with E-state index in [1.807, 2.05) is 0 Å². The lowest BCUT2D eigenvalue weighted by molar-refractivity contribution is -0.179. The minimum atomic E-state index is -2.41. The van der Waals surface area contributed by atoms with E-state index in [2.05, 4.69) is 113 Å². The highest BCUT2D eigenvalue weighted by Gasteiger charge is 2.49. The molecule has 0 bridgehead atoms. The van der Waals surface area contributed by atoms with Gasteiger partial charge in [-0.15, -0.1) is 0 Å². The molecule has 2 aromatic rings. The van der Waals surface area contributed by atoms with Crippen LogP contribution in [-0.2, 0) is 13.9 Å². The van der Waals surface area contributed by atoms with E-state index < -0.39 is 8.32 Å². The normalized spacial score (nSPS) is 16.9. The topological polar surface area (TPSA) is 27.7 Å². The number of ether oxygens (including phenoxy) is 2. The number of hydrogen-bond acceptors (Lipinski definition) is 3. The molecule has 3 rings (SSSR count). The van der Waals surface area contributed by atoms with Crippen LogP contribution in [0, 0.1) is 0 Å². The van der Waals surface area contributed by atoms with Gasteiger partial charge in [0.25, 0.3) is 8.32 Å². The lowest BCUT2D eigenvalue weighted by atomic mass is 10.1. The second-order valence-corrected chi connectivity index (χ2v) is 18.2. The molecule has 2 atom stereocenters. The third kappa shape index (κ3) is 13.3. The Balaban J connectivity index is 1.26. The Bertz CT molecular complexity index is 1010. The van der Waals surface area contributed by atoms with Crippen LogP contribution in [0.5, 0.6) is 0 Å². The fourth-order valence-electron chi connectivity index (χ4n) is 6.52. The number of allylic oxidation sites excluding steroid dienone is 3. The first kappa shape index (κ1) is 37.5. The number of rotatable bonds is 22. The summed E-state index contributed by atoms with van der Waals surface area (Å²) in [5.41, 5.74) is 0. The van der Waals surface area contributed by atoms with Crippen molar-refractivity contribution in [3.63, 3.8) is 0 Å². The van der Waals surface area contributed by atoms with Crippen molar-refractivity contribution in [2.45, 2.75) is 148 Å². The zero-order valence-electron chi connectivity index (χ0n) is 29.2. The van der Waals surface area contributed by atoms with Gasteiger partial charge in [-0.2, -0.15) is 0 Å². The van der Waals surface area contributed by atoms with Crippen LogP contribution in [0.3, 0.4) is 0 Å². The van der Waals surface area contributed by atoms with Crippen LogP contribution in [0.1, 0.15) is 130 Å². The van der Waals surface area contributed by atoms with Crippen molar-refractivity contribution in [3.05, 3.63) is 85.0 Å². The summed E-state index contributed by atoms with van der Waals surface area (Å²) < 4.78 is 19.1.